The van der Waals surface area contributed by atoms with Crippen molar-refractivity contribution < 1.29 is 4.74 Å². The van der Waals surface area contributed by atoms with Gasteiger partial charge in [-0.2, -0.15) is 5.10 Å². The van der Waals surface area contributed by atoms with Crippen LogP contribution in [0.25, 0.3) is 0 Å². The fourth-order valence-electron chi connectivity index (χ4n) is 2.29. The highest BCUT2D eigenvalue weighted by Gasteiger charge is 2.27. The predicted molar refractivity (Wildman–Crippen MR) is 72.3 cm³/mol. The first-order valence-corrected chi connectivity index (χ1v) is 6.63. The summed E-state index contributed by atoms with van der Waals surface area (Å²) in [5, 5.41) is 4.18. The van der Waals surface area contributed by atoms with Gasteiger partial charge in [-0.25, -0.2) is 0 Å². The van der Waals surface area contributed by atoms with E-state index in [1.165, 1.54) is 0 Å². The first-order valence-electron chi connectivity index (χ1n) is 5.83. The molecule has 18 heavy (non-hydrogen) atoms. The second-order valence-electron chi connectivity index (χ2n) is 4.58. The van der Waals surface area contributed by atoms with Crippen LogP contribution in [0.5, 0.6) is 5.75 Å². The molecule has 0 fully saturated rings. The fourth-order valence-corrected chi connectivity index (χ4v) is 2.63. The van der Waals surface area contributed by atoms with E-state index < -0.39 is 0 Å². The molecule has 0 spiro atoms. The van der Waals surface area contributed by atoms with Gasteiger partial charge in [-0.1, -0.05) is 22.0 Å². The van der Waals surface area contributed by atoms with Crippen LogP contribution in [0.4, 0.5) is 0 Å². The lowest BCUT2D eigenvalue weighted by atomic mass is 9.95. The van der Waals surface area contributed by atoms with Crippen molar-refractivity contribution in [2.24, 2.45) is 12.8 Å². The van der Waals surface area contributed by atoms with E-state index in [0.29, 0.717) is 0 Å². The van der Waals surface area contributed by atoms with Crippen LogP contribution in [0.1, 0.15) is 29.7 Å². The number of aryl methyl sites for hydroxylation is 1. The van der Waals surface area contributed by atoms with Crippen LogP contribution in [0.15, 0.2) is 35.1 Å². The third kappa shape index (κ3) is 2.04. The highest BCUT2D eigenvalue weighted by Crippen LogP contribution is 2.40. The molecule has 0 amide bonds. The molecule has 0 saturated carbocycles. The zero-order chi connectivity index (χ0) is 12.7. The number of nitrogens with two attached hydrogens (primary N) is 1. The predicted octanol–water partition coefficient (Wildman–Crippen LogP) is 2.71. The smallest absolute Gasteiger partial charge is 0.129 e. The SMILES string of the molecule is Cn1cc(C2C[C@H](N)c3ccc(Br)cc3O2)cn1. The molecule has 0 radical (unpaired) electrons. The summed E-state index contributed by atoms with van der Waals surface area (Å²) in [7, 11) is 1.90. The summed E-state index contributed by atoms with van der Waals surface area (Å²) in [6, 6.07) is 5.99. The van der Waals surface area contributed by atoms with Gasteiger partial charge in [-0.3, -0.25) is 4.68 Å². The second-order valence-corrected chi connectivity index (χ2v) is 5.49. The molecule has 1 aromatic heterocycles. The van der Waals surface area contributed by atoms with Crippen LogP contribution < -0.4 is 10.5 Å². The van der Waals surface area contributed by atoms with Gasteiger partial charge in [-0.15, -0.1) is 0 Å². The molecule has 0 saturated heterocycles. The molecule has 2 atom stereocenters. The molecule has 1 aromatic carbocycles. The fraction of sp³-hybridized carbons (Fsp3) is 0.308. The van der Waals surface area contributed by atoms with E-state index in [4.69, 9.17) is 10.5 Å². The number of benzene rings is 1. The van der Waals surface area contributed by atoms with Gasteiger partial charge in [0.1, 0.15) is 11.9 Å². The molecule has 2 aromatic rings. The highest BCUT2D eigenvalue weighted by atomic mass is 79.9. The zero-order valence-corrected chi connectivity index (χ0v) is 11.6. The number of nitrogens with zero attached hydrogens (tertiary/aromatic N) is 2. The molecule has 1 aliphatic rings. The number of hydrogen-bond donors (Lipinski definition) is 1. The van der Waals surface area contributed by atoms with Crippen molar-refractivity contribution in [2.75, 3.05) is 0 Å². The van der Waals surface area contributed by atoms with Gasteiger partial charge in [0.05, 0.1) is 6.20 Å². The maximum Gasteiger partial charge on any atom is 0.129 e. The Morgan fingerprint density at radius 1 is 1.50 bits per heavy atom. The Bertz CT molecular complexity index is 581. The molecule has 4 nitrogen and oxygen atoms in total. The van der Waals surface area contributed by atoms with E-state index in [1.807, 2.05) is 37.6 Å². The number of aromatic nitrogens is 2. The molecule has 5 heteroatoms. The van der Waals surface area contributed by atoms with Crippen molar-refractivity contribution in [1.82, 2.24) is 9.78 Å². The van der Waals surface area contributed by atoms with E-state index in [9.17, 15) is 0 Å². The Hall–Kier alpha value is -1.33. The Kier molecular flexibility index (Phi) is 2.87. The Morgan fingerprint density at radius 3 is 3.06 bits per heavy atom. The minimum absolute atomic E-state index is 0.00653. The van der Waals surface area contributed by atoms with Gasteiger partial charge in [-0.05, 0) is 12.1 Å². The van der Waals surface area contributed by atoms with E-state index in [-0.39, 0.29) is 12.1 Å². The minimum atomic E-state index is -0.0181. The van der Waals surface area contributed by atoms with Crippen molar-refractivity contribution in [3.63, 3.8) is 0 Å². The summed E-state index contributed by atoms with van der Waals surface area (Å²) in [5.41, 5.74) is 8.34. The number of fused-ring (bicyclic) bond motifs is 1. The Labute approximate surface area is 114 Å². The van der Waals surface area contributed by atoms with Crippen molar-refractivity contribution >= 4 is 15.9 Å². The summed E-state index contributed by atoms with van der Waals surface area (Å²) in [5.74, 6) is 0.858. The van der Waals surface area contributed by atoms with Crippen LogP contribution in [0, 0.1) is 0 Å². The Morgan fingerprint density at radius 2 is 2.33 bits per heavy atom. The number of halogens is 1. The molecule has 1 aliphatic heterocycles. The first kappa shape index (κ1) is 11.7. The summed E-state index contributed by atoms with van der Waals surface area (Å²) >= 11 is 3.45. The van der Waals surface area contributed by atoms with Crippen LogP contribution in [-0.2, 0) is 7.05 Å². The van der Waals surface area contributed by atoms with Crippen molar-refractivity contribution in [1.29, 1.82) is 0 Å². The average Bonchev–Trinajstić information content (AvgIpc) is 2.75. The van der Waals surface area contributed by atoms with Crippen molar-refractivity contribution in [3.8, 4) is 5.75 Å². The maximum absolute atomic E-state index is 6.21. The monoisotopic (exact) mass is 307 g/mol. The van der Waals surface area contributed by atoms with Crippen LogP contribution >= 0.6 is 15.9 Å². The van der Waals surface area contributed by atoms with Crippen LogP contribution in [-0.4, -0.2) is 9.78 Å². The lowest BCUT2D eigenvalue weighted by molar-refractivity contribution is 0.161. The third-order valence-electron chi connectivity index (χ3n) is 3.21. The highest BCUT2D eigenvalue weighted by molar-refractivity contribution is 9.10. The number of rotatable bonds is 1. The van der Waals surface area contributed by atoms with E-state index in [0.717, 1.165) is 27.8 Å². The van der Waals surface area contributed by atoms with Gasteiger partial charge < -0.3 is 10.5 Å². The summed E-state index contributed by atoms with van der Waals surface area (Å²) in [6.07, 6.45) is 4.57. The standard InChI is InChI=1S/C13H14BrN3O/c1-17-7-8(6-16-17)12-5-11(15)10-3-2-9(14)4-13(10)18-12/h2-4,6-7,11-12H,5,15H2,1H3/t11-,12?/m0/s1. The van der Waals surface area contributed by atoms with Gasteiger partial charge in [0.2, 0.25) is 0 Å². The third-order valence-corrected chi connectivity index (χ3v) is 3.70. The Balaban J connectivity index is 1.95. The topological polar surface area (TPSA) is 53.1 Å². The van der Waals surface area contributed by atoms with Crippen molar-refractivity contribution in [2.45, 2.75) is 18.6 Å². The molecule has 0 aliphatic carbocycles. The lowest BCUT2D eigenvalue weighted by Crippen LogP contribution is -2.23. The second kappa shape index (κ2) is 4.40. The van der Waals surface area contributed by atoms with E-state index >= 15 is 0 Å². The molecule has 94 valence electrons. The van der Waals surface area contributed by atoms with Crippen molar-refractivity contribution in [3.05, 3.63) is 46.2 Å². The zero-order valence-electron chi connectivity index (χ0n) is 10.0. The largest absolute Gasteiger partial charge is 0.485 e. The van der Waals surface area contributed by atoms with E-state index in [2.05, 4.69) is 21.0 Å². The molecule has 1 unspecified atom stereocenters. The molecular formula is C13H14BrN3O. The molecular weight excluding hydrogens is 294 g/mol. The molecule has 3 rings (SSSR count). The van der Waals surface area contributed by atoms with Gasteiger partial charge >= 0.3 is 0 Å². The normalized spacial score (nSPS) is 22.4. The lowest BCUT2D eigenvalue weighted by Gasteiger charge is -2.29. The minimum Gasteiger partial charge on any atom is -0.485 e. The first-order chi connectivity index (χ1) is 8.63. The summed E-state index contributed by atoms with van der Waals surface area (Å²) in [4.78, 5) is 0. The maximum atomic E-state index is 6.21. The molecule has 0 bridgehead atoms. The van der Waals surface area contributed by atoms with Gasteiger partial charge in [0.15, 0.2) is 0 Å². The molecule has 2 heterocycles. The average molecular weight is 308 g/mol. The van der Waals surface area contributed by atoms with E-state index in [1.54, 1.807) is 4.68 Å². The van der Waals surface area contributed by atoms with Crippen LogP contribution in [0.3, 0.4) is 0 Å². The summed E-state index contributed by atoms with van der Waals surface area (Å²) < 4.78 is 8.80. The summed E-state index contributed by atoms with van der Waals surface area (Å²) in [6.45, 7) is 0. The van der Waals surface area contributed by atoms with Gasteiger partial charge in [0.25, 0.3) is 0 Å². The quantitative estimate of drug-likeness (QED) is 0.881. The molecule has 2 N–H and O–H groups in total. The van der Waals surface area contributed by atoms with Gasteiger partial charge in [0, 0.05) is 41.3 Å². The number of ether oxygens (including phenoxy) is 1. The van der Waals surface area contributed by atoms with Crippen LogP contribution in [0.2, 0.25) is 0 Å². The number of hydrogen-bond acceptors (Lipinski definition) is 3.